The summed E-state index contributed by atoms with van der Waals surface area (Å²) in [5.74, 6) is 0.829. The highest BCUT2D eigenvalue weighted by atomic mass is 16.5. The van der Waals surface area contributed by atoms with Gasteiger partial charge in [-0.25, -0.2) is 0 Å². The van der Waals surface area contributed by atoms with E-state index in [0.29, 0.717) is 25.2 Å². The quantitative estimate of drug-likeness (QED) is 0.347. The van der Waals surface area contributed by atoms with Crippen LogP contribution in [0.5, 0.6) is 0 Å². The Morgan fingerprint density at radius 2 is 1.80 bits per heavy atom. The molecular formula is C23H38N4O3. The third-order valence-electron chi connectivity index (χ3n) is 4.99. The Bertz CT molecular complexity index is 653. The summed E-state index contributed by atoms with van der Waals surface area (Å²) >= 11 is 0. The highest BCUT2D eigenvalue weighted by Gasteiger charge is 2.26. The summed E-state index contributed by atoms with van der Waals surface area (Å²) in [6, 6.07) is 7.77. The molecule has 2 atom stereocenters. The third kappa shape index (κ3) is 8.32. The van der Waals surface area contributed by atoms with Crippen LogP contribution in [0.2, 0.25) is 0 Å². The molecule has 0 radical (unpaired) electrons. The lowest BCUT2D eigenvalue weighted by Crippen LogP contribution is -2.48. The monoisotopic (exact) mass is 418 g/mol. The second kappa shape index (κ2) is 13.2. The molecule has 7 nitrogen and oxygen atoms in total. The second-order valence-electron chi connectivity index (χ2n) is 7.84. The van der Waals surface area contributed by atoms with Crippen LogP contribution >= 0.6 is 0 Å². The number of carbonyl (C=O) groups is 1. The highest BCUT2D eigenvalue weighted by molar-refractivity contribution is 5.94. The van der Waals surface area contributed by atoms with Crippen LogP contribution < -0.4 is 10.6 Å². The van der Waals surface area contributed by atoms with Gasteiger partial charge < -0.3 is 25.0 Å². The molecular weight excluding hydrogens is 380 g/mol. The lowest BCUT2D eigenvalue weighted by Gasteiger charge is -2.35. The Morgan fingerprint density at radius 3 is 2.43 bits per heavy atom. The minimum atomic E-state index is 0.0649. The molecule has 1 saturated heterocycles. The molecule has 1 aromatic carbocycles. The van der Waals surface area contributed by atoms with Crippen molar-refractivity contribution in [1.29, 1.82) is 0 Å². The lowest BCUT2D eigenvalue weighted by molar-refractivity contribution is -0.0586. The van der Waals surface area contributed by atoms with Crippen molar-refractivity contribution in [2.24, 2.45) is 4.99 Å². The number of nitrogens with one attached hydrogen (secondary N) is 2. The van der Waals surface area contributed by atoms with E-state index in [1.165, 1.54) is 0 Å². The molecule has 1 aliphatic heterocycles. The molecule has 0 aromatic heterocycles. The van der Waals surface area contributed by atoms with Gasteiger partial charge >= 0.3 is 0 Å². The van der Waals surface area contributed by atoms with E-state index in [1.807, 2.05) is 43.0 Å². The maximum atomic E-state index is 12.8. The van der Waals surface area contributed by atoms with Crippen LogP contribution in [0.3, 0.4) is 0 Å². The van der Waals surface area contributed by atoms with E-state index < -0.39 is 0 Å². The molecule has 1 aromatic rings. The Labute approximate surface area is 181 Å². The number of rotatable bonds is 10. The number of benzene rings is 1. The van der Waals surface area contributed by atoms with E-state index in [4.69, 9.17) is 9.47 Å². The molecule has 2 N–H and O–H groups in total. The molecule has 2 unspecified atom stereocenters. The van der Waals surface area contributed by atoms with Gasteiger partial charge in [-0.2, -0.15) is 0 Å². The molecule has 1 amide bonds. The highest BCUT2D eigenvalue weighted by Crippen LogP contribution is 2.15. The lowest BCUT2D eigenvalue weighted by atomic mass is 10.1. The Balaban J connectivity index is 1.73. The number of amides is 1. The van der Waals surface area contributed by atoms with Crippen molar-refractivity contribution in [1.82, 2.24) is 15.5 Å². The summed E-state index contributed by atoms with van der Waals surface area (Å²) < 4.78 is 11.3. The summed E-state index contributed by atoms with van der Waals surface area (Å²) in [5.41, 5.74) is 1.81. The number of unbranched alkanes of at least 4 members (excludes halogenated alkanes) is 1. The maximum absolute atomic E-state index is 12.8. The average molecular weight is 419 g/mol. The number of hydrogen-bond acceptors (Lipinski definition) is 4. The van der Waals surface area contributed by atoms with Crippen LogP contribution in [0.4, 0.5) is 0 Å². The zero-order valence-corrected chi connectivity index (χ0v) is 18.9. The average Bonchev–Trinajstić information content (AvgIpc) is 2.74. The van der Waals surface area contributed by atoms with E-state index in [-0.39, 0.29) is 18.1 Å². The van der Waals surface area contributed by atoms with Crippen molar-refractivity contribution >= 4 is 11.9 Å². The summed E-state index contributed by atoms with van der Waals surface area (Å²) in [7, 11) is 1.76. The van der Waals surface area contributed by atoms with E-state index >= 15 is 0 Å². The van der Waals surface area contributed by atoms with Gasteiger partial charge in [-0.15, -0.1) is 0 Å². The summed E-state index contributed by atoms with van der Waals surface area (Å²) in [6.45, 7) is 10.5. The van der Waals surface area contributed by atoms with Gasteiger partial charge in [-0.3, -0.25) is 9.79 Å². The topological polar surface area (TPSA) is 75.2 Å². The first-order valence-electron chi connectivity index (χ1n) is 11.1. The van der Waals surface area contributed by atoms with Crippen LogP contribution in [0.1, 0.15) is 56.0 Å². The Morgan fingerprint density at radius 1 is 1.13 bits per heavy atom. The fourth-order valence-corrected chi connectivity index (χ4v) is 3.43. The zero-order valence-electron chi connectivity index (χ0n) is 18.9. The van der Waals surface area contributed by atoms with Gasteiger partial charge in [-0.05, 0) is 44.4 Å². The first kappa shape index (κ1) is 24.2. The SMILES string of the molecule is CCCCOCCCNC(=NC)NCc1ccc(C(=O)N2CC(C)OC(C)C2)cc1. The second-order valence-corrected chi connectivity index (χ2v) is 7.84. The van der Waals surface area contributed by atoms with Crippen molar-refractivity contribution in [3.63, 3.8) is 0 Å². The molecule has 0 spiro atoms. The first-order valence-corrected chi connectivity index (χ1v) is 11.1. The third-order valence-corrected chi connectivity index (χ3v) is 4.99. The van der Waals surface area contributed by atoms with Gasteiger partial charge in [0.15, 0.2) is 5.96 Å². The van der Waals surface area contributed by atoms with Crippen LogP contribution in [-0.4, -0.2) is 68.9 Å². The number of hydrogen-bond donors (Lipinski definition) is 2. The standard InChI is InChI=1S/C23H38N4O3/c1-5-6-13-29-14-7-12-25-23(24-4)26-15-20-8-10-21(11-9-20)22(28)27-16-18(2)30-19(3)17-27/h8-11,18-19H,5-7,12-17H2,1-4H3,(H2,24,25,26). The van der Waals surface area contributed by atoms with Crippen LogP contribution in [0, 0.1) is 0 Å². The van der Waals surface area contributed by atoms with Gasteiger partial charge in [0.25, 0.3) is 5.91 Å². The number of guanidine groups is 1. The van der Waals surface area contributed by atoms with Gasteiger partial charge in [0, 0.05) is 52.0 Å². The van der Waals surface area contributed by atoms with Crippen molar-refractivity contribution in [3.05, 3.63) is 35.4 Å². The minimum absolute atomic E-state index is 0.0649. The molecule has 1 fully saturated rings. The molecule has 168 valence electrons. The predicted octanol–water partition coefficient (Wildman–Crippen LogP) is 2.81. The van der Waals surface area contributed by atoms with Gasteiger partial charge in [0.2, 0.25) is 0 Å². The smallest absolute Gasteiger partial charge is 0.254 e. The summed E-state index contributed by atoms with van der Waals surface area (Å²) in [5, 5.41) is 6.60. The number of carbonyl (C=O) groups excluding carboxylic acids is 1. The summed E-state index contributed by atoms with van der Waals surface area (Å²) in [6.07, 6.45) is 3.37. The zero-order chi connectivity index (χ0) is 21.8. The van der Waals surface area contributed by atoms with Crippen molar-refractivity contribution in [2.45, 2.75) is 58.8 Å². The van der Waals surface area contributed by atoms with Crippen molar-refractivity contribution in [3.8, 4) is 0 Å². The maximum Gasteiger partial charge on any atom is 0.254 e. The fraction of sp³-hybridized carbons (Fsp3) is 0.652. The van der Waals surface area contributed by atoms with E-state index in [2.05, 4.69) is 22.5 Å². The molecule has 1 aliphatic rings. The molecule has 2 rings (SSSR count). The molecule has 1 heterocycles. The van der Waals surface area contributed by atoms with Gasteiger partial charge in [-0.1, -0.05) is 25.5 Å². The largest absolute Gasteiger partial charge is 0.381 e. The molecule has 0 saturated carbocycles. The molecule has 0 bridgehead atoms. The summed E-state index contributed by atoms with van der Waals surface area (Å²) in [4.78, 5) is 18.9. The fourth-order valence-electron chi connectivity index (χ4n) is 3.43. The van der Waals surface area contributed by atoms with Crippen LogP contribution in [0.25, 0.3) is 0 Å². The van der Waals surface area contributed by atoms with E-state index in [0.717, 1.165) is 50.5 Å². The number of nitrogens with zero attached hydrogens (tertiary/aromatic N) is 2. The normalized spacial score (nSPS) is 19.6. The van der Waals surface area contributed by atoms with E-state index in [1.54, 1.807) is 7.05 Å². The first-order chi connectivity index (χ1) is 14.5. The Hall–Kier alpha value is -2.12. The molecule has 7 heteroatoms. The van der Waals surface area contributed by atoms with Crippen molar-refractivity contribution < 1.29 is 14.3 Å². The van der Waals surface area contributed by atoms with Gasteiger partial charge in [0.1, 0.15) is 0 Å². The van der Waals surface area contributed by atoms with Crippen LogP contribution in [0.15, 0.2) is 29.3 Å². The molecule has 0 aliphatic carbocycles. The number of ether oxygens (including phenoxy) is 2. The minimum Gasteiger partial charge on any atom is -0.381 e. The number of aliphatic imine (C=N–C) groups is 1. The van der Waals surface area contributed by atoms with Gasteiger partial charge in [0.05, 0.1) is 12.2 Å². The Kier molecular flexibility index (Phi) is 10.7. The van der Waals surface area contributed by atoms with E-state index in [9.17, 15) is 4.79 Å². The van der Waals surface area contributed by atoms with Crippen LogP contribution in [-0.2, 0) is 16.0 Å². The predicted molar refractivity (Wildman–Crippen MR) is 121 cm³/mol. The number of morpholine rings is 1. The van der Waals surface area contributed by atoms with Crippen molar-refractivity contribution in [2.75, 3.05) is 39.9 Å². The molecule has 30 heavy (non-hydrogen) atoms.